The van der Waals surface area contributed by atoms with Gasteiger partial charge < -0.3 is 31.6 Å². The van der Waals surface area contributed by atoms with Crippen molar-refractivity contribution in [1.29, 1.82) is 0 Å². The monoisotopic (exact) mass is 419 g/mol. The molecule has 2 saturated heterocycles. The van der Waals surface area contributed by atoms with Crippen molar-refractivity contribution in [2.45, 2.75) is 48.8 Å². The van der Waals surface area contributed by atoms with Gasteiger partial charge in [-0.15, -0.1) is 0 Å². The van der Waals surface area contributed by atoms with Crippen LogP contribution in [-0.4, -0.2) is 52.9 Å². The molecule has 138 valence electrons. The molecule has 3 heterocycles. The van der Waals surface area contributed by atoms with Crippen molar-refractivity contribution in [3.05, 3.63) is 35.9 Å². The minimum absolute atomic E-state index is 0. The van der Waals surface area contributed by atoms with Gasteiger partial charge in [-0.1, -0.05) is 12.6 Å². The van der Waals surface area contributed by atoms with Gasteiger partial charge in [-0.3, -0.25) is 9.28 Å². The molecule has 5 nitrogen and oxygen atoms in total. The molecule has 6 heteroatoms. The van der Waals surface area contributed by atoms with Crippen LogP contribution in [0.5, 0.6) is 11.5 Å². The molecule has 5 atom stereocenters. The maximum absolute atomic E-state index is 12.8. The number of nitrogens with zero attached hydrogens (tertiary/aromatic N) is 1. The largest absolute Gasteiger partial charge is 1.00 e. The van der Waals surface area contributed by atoms with Crippen LogP contribution in [0.1, 0.15) is 30.4 Å². The molecule has 1 unspecified atom stereocenters. The summed E-state index contributed by atoms with van der Waals surface area (Å²) in [6.07, 6.45) is 4.56. The molecule has 26 heavy (non-hydrogen) atoms. The number of phenolic OH excluding ortho intramolecular Hbond substituents is 1. The summed E-state index contributed by atoms with van der Waals surface area (Å²) in [5.41, 5.74) is 1.52. The van der Waals surface area contributed by atoms with Crippen LogP contribution in [0.4, 0.5) is 0 Å². The van der Waals surface area contributed by atoms with E-state index < -0.39 is 11.5 Å². The van der Waals surface area contributed by atoms with Crippen molar-refractivity contribution in [2.24, 2.45) is 0 Å². The van der Waals surface area contributed by atoms with Gasteiger partial charge in [0.2, 0.25) is 0 Å². The molecule has 4 bridgehead atoms. The van der Waals surface area contributed by atoms with Crippen LogP contribution in [0, 0.1) is 0 Å². The van der Waals surface area contributed by atoms with E-state index in [1.165, 1.54) is 5.56 Å². The third-order valence-corrected chi connectivity index (χ3v) is 7.78. The summed E-state index contributed by atoms with van der Waals surface area (Å²) in [5, 5.41) is 10.4. The Morgan fingerprint density at radius 1 is 1.38 bits per heavy atom. The van der Waals surface area contributed by atoms with Gasteiger partial charge in [0.25, 0.3) is 0 Å². The number of hydrogen-bond acceptors (Lipinski definition) is 4. The smallest absolute Gasteiger partial charge is 0.184 e. The molecule has 0 amide bonds. The van der Waals surface area contributed by atoms with Crippen molar-refractivity contribution in [1.82, 2.24) is 0 Å². The molecule has 0 aromatic heterocycles. The molecule has 3 fully saturated rings. The Balaban J connectivity index is 0.00000150. The van der Waals surface area contributed by atoms with Crippen LogP contribution in [0.15, 0.2) is 24.8 Å². The van der Waals surface area contributed by atoms with Gasteiger partial charge in [0.05, 0.1) is 18.5 Å². The zero-order valence-corrected chi connectivity index (χ0v) is 16.1. The Bertz CT molecular complexity index is 856. The number of ketones is 1. The normalized spacial score (nSPS) is 43.3. The first-order chi connectivity index (χ1) is 12.1. The first kappa shape index (κ1) is 16.8. The lowest BCUT2D eigenvalue weighted by molar-refractivity contribution is -0.947. The third-order valence-electron chi connectivity index (χ3n) is 7.78. The molecule has 2 spiro atoms. The maximum atomic E-state index is 12.8. The highest BCUT2D eigenvalue weighted by atomic mass is 79.9. The summed E-state index contributed by atoms with van der Waals surface area (Å²) >= 11 is 0. The Kier molecular flexibility index (Phi) is 3.17. The van der Waals surface area contributed by atoms with Crippen molar-refractivity contribution in [2.75, 3.05) is 19.8 Å². The predicted molar refractivity (Wildman–Crippen MR) is 89.4 cm³/mol. The molecule has 0 radical (unpaired) electrons. The Hall–Kier alpha value is -1.37. The Morgan fingerprint density at radius 2 is 2.23 bits per heavy atom. The van der Waals surface area contributed by atoms with Crippen molar-refractivity contribution >= 4 is 5.78 Å². The number of phenols is 1. The second-order valence-corrected chi connectivity index (χ2v) is 8.43. The number of hydrogen-bond donors (Lipinski definition) is 1. The number of ether oxygens (including phenoxy) is 2. The number of carbonyl (C=O) groups is 1. The second kappa shape index (κ2) is 4.91. The van der Waals surface area contributed by atoms with Gasteiger partial charge in [-0.2, -0.15) is 0 Å². The van der Waals surface area contributed by atoms with E-state index in [1.807, 2.05) is 12.1 Å². The molecule has 6 rings (SSSR count). The molecular weight excluding hydrogens is 398 g/mol. The number of carbonyl (C=O) groups excluding carboxylic acids is 1. The van der Waals surface area contributed by atoms with E-state index in [4.69, 9.17) is 9.47 Å². The Morgan fingerprint density at radius 3 is 3.04 bits per heavy atom. The summed E-state index contributed by atoms with van der Waals surface area (Å²) in [4.78, 5) is 12.8. The summed E-state index contributed by atoms with van der Waals surface area (Å²) in [7, 11) is 0. The Labute approximate surface area is 162 Å². The first-order valence-electron chi connectivity index (χ1n) is 9.23. The van der Waals surface area contributed by atoms with Crippen LogP contribution in [0.3, 0.4) is 0 Å². The highest BCUT2D eigenvalue weighted by molar-refractivity contribution is 5.90. The fourth-order valence-corrected chi connectivity index (χ4v) is 6.90. The average Bonchev–Trinajstić information content (AvgIpc) is 3.06. The van der Waals surface area contributed by atoms with E-state index in [0.29, 0.717) is 24.9 Å². The van der Waals surface area contributed by atoms with Crippen LogP contribution >= 0.6 is 0 Å². The van der Waals surface area contributed by atoms with Crippen molar-refractivity contribution < 1.29 is 40.8 Å². The number of benzene rings is 1. The highest BCUT2D eigenvalue weighted by Crippen LogP contribution is 2.68. The maximum Gasteiger partial charge on any atom is 0.184 e. The van der Waals surface area contributed by atoms with Crippen LogP contribution in [0.2, 0.25) is 0 Å². The quantitative estimate of drug-likeness (QED) is 0.484. The van der Waals surface area contributed by atoms with E-state index >= 15 is 0 Å². The average molecular weight is 420 g/mol. The summed E-state index contributed by atoms with van der Waals surface area (Å²) in [6.45, 7) is 6.55. The van der Waals surface area contributed by atoms with E-state index in [0.717, 1.165) is 42.4 Å². The lowest BCUT2D eigenvalue weighted by atomic mass is 9.49. The van der Waals surface area contributed by atoms with Gasteiger partial charge >= 0.3 is 0 Å². The number of quaternary nitrogens is 1. The highest BCUT2D eigenvalue weighted by Gasteiger charge is 2.80. The van der Waals surface area contributed by atoms with E-state index in [9.17, 15) is 9.90 Å². The fraction of sp³-hybridized carbons (Fsp3) is 0.550. The predicted octanol–water partition coefficient (Wildman–Crippen LogP) is -1.18. The number of Topliss-reactive ketones (excluding diaryl/α,β-unsaturated/α-hetero) is 1. The molecule has 3 aliphatic heterocycles. The molecule has 2 aliphatic carbocycles. The second-order valence-electron chi connectivity index (χ2n) is 8.43. The SMILES string of the molecule is C=CC[N+]12CC[C@]34c5c6ccc(O)c5O[C@H]3C(=O)CC[C@@]4(OC1)[C@H]2C6.[Br-]. The molecular formula is C20H22BrNO4. The summed E-state index contributed by atoms with van der Waals surface area (Å²) in [5.74, 6) is 0.848. The van der Waals surface area contributed by atoms with E-state index in [2.05, 4.69) is 6.58 Å². The standard InChI is InChI=1S/C20H21NO4.BrH/c1-2-8-21-9-7-19-16-12-3-4-13(22)17(16)25-18(19)14(23)5-6-20(19,24-11-21)15(21)10-12;/h2-4,15,18H,1,5-11H2;1H/t15-,18+,19+,20-,21?;/m1./s1. The zero-order valence-electron chi connectivity index (χ0n) is 14.5. The molecule has 1 aromatic rings. The molecule has 1 N–H and O–H groups in total. The van der Waals surface area contributed by atoms with E-state index in [1.54, 1.807) is 6.07 Å². The van der Waals surface area contributed by atoms with Gasteiger partial charge in [0.15, 0.2) is 30.1 Å². The lowest BCUT2D eigenvalue weighted by Gasteiger charge is -2.60. The number of aromatic hydroxyl groups is 1. The van der Waals surface area contributed by atoms with Gasteiger partial charge in [0.1, 0.15) is 11.6 Å². The van der Waals surface area contributed by atoms with E-state index in [-0.39, 0.29) is 34.1 Å². The van der Waals surface area contributed by atoms with Crippen molar-refractivity contribution in [3.8, 4) is 11.5 Å². The third kappa shape index (κ3) is 1.48. The summed E-state index contributed by atoms with van der Waals surface area (Å²) in [6, 6.07) is 4.08. The lowest BCUT2D eigenvalue weighted by Crippen LogP contribution is -3.00. The topological polar surface area (TPSA) is 55.8 Å². The van der Waals surface area contributed by atoms with Gasteiger partial charge in [-0.05, 0) is 24.1 Å². The van der Waals surface area contributed by atoms with Crippen LogP contribution in [0.25, 0.3) is 0 Å². The molecule has 5 aliphatic rings. The first-order valence-corrected chi connectivity index (χ1v) is 9.23. The van der Waals surface area contributed by atoms with Gasteiger partial charge in [-0.25, -0.2) is 0 Å². The molecule has 1 aromatic carbocycles. The zero-order chi connectivity index (χ0) is 17.0. The minimum Gasteiger partial charge on any atom is -1.00 e. The van der Waals surface area contributed by atoms with Crippen LogP contribution in [-0.2, 0) is 21.4 Å². The number of halogens is 1. The summed E-state index contributed by atoms with van der Waals surface area (Å²) < 4.78 is 13.7. The number of rotatable bonds is 2. The minimum atomic E-state index is -0.505. The fourth-order valence-electron chi connectivity index (χ4n) is 6.90. The number of piperidine rings is 1. The molecule has 1 saturated carbocycles. The van der Waals surface area contributed by atoms with Crippen molar-refractivity contribution in [3.63, 3.8) is 0 Å². The van der Waals surface area contributed by atoms with Crippen LogP contribution < -0.4 is 21.7 Å². The van der Waals surface area contributed by atoms with Gasteiger partial charge in [0, 0.05) is 24.8 Å².